The van der Waals surface area contributed by atoms with Crippen LogP contribution in [0.5, 0.6) is 5.75 Å². The van der Waals surface area contributed by atoms with Crippen LogP contribution in [0.15, 0.2) is 35.7 Å². The Balaban J connectivity index is 2.00. The molecule has 0 radical (unpaired) electrons. The number of nitrogens with one attached hydrogen (secondary N) is 2. The van der Waals surface area contributed by atoms with Crippen molar-refractivity contribution in [3.63, 3.8) is 0 Å². The van der Waals surface area contributed by atoms with Crippen molar-refractivity contribution in [3.05, 3.63) is 69.4 Å². The molecule has 1 aromatic heterocycles. The Hall–Kier alpha value is -3.44. The van der Waals surface area contributed by atoms with Gasteiger partial charge in [0.15, 0.2) is 23.3 Å². The molecule has 1 heterocycles. The summed E-state index contributed by atoms with van der Waals surface area (Å²) in [6, 6.07) is 5.47. The number of amides is 2. The molecule has 0 fully saturated rings. The molecule has 31 heavy (non-hydrogen) atoms. The van der Waals surface area contributed by atoms with Gasteiger partial charge >= 0.3 is 0 Å². The van der Waals surface area contributed by atoms with Crippen molar-refractivity contribution in [2.45, 2.75) is 0 Å². The first-order valence-electron chi connectivity index (χ1n) is 9.82. The van der Waals surface area contributed by atoms with Gasteiger partial charge in [0.1, 0.15) is 16.3 Å². The summed E-state index contributed by atoms with van der Waals surface area (Å²) in [6.07, 6.45) is 0. The van der Waals surface area contributed by atoms with Crippen molar-refractivity contribution in [1.82, 2.24) is 5.48 Å². The Morgan fingerprint density at radius 2 is 1.74 bits per heavy atom. The molecule has 0 aliphatic carbocycles. The van der Waals surface area contributed by atoms with Crippen LogP contribution in [0.4, 0.5) is 23.2 Å². The highest BCUT2D eigenvalue weighted by Gasteiger charge is 2.29. The molecule has 0 bridgehead atoms. The molecule has 2 N–H and O–H groups in total. The molecule has 11 heteroatoms. The Kier molecular flexibility index (Phi) is 5.41. The SMILES string of the molecule is [2H]C([2H])([2H])Oc1cccc(-c2c(F)c(F)c(NC(=O)c3ccsc3C(=O)NOC)c(F)c2F)c1. The number of methoxy groups -OCH3 is 1. The first-order valence-corrected chi connectivity index (χ1v) is 9.20. The van der Waals surface area contributed by atoms with Gasteiger partial charge in [-0.15, -0.1) is 11.3 Å². The van der Waals surface area contributed by atoms with Gasteiger partial charge in [0.25, 0.3) is 11.8 Å². The fourth-order valence-corrected chi connectivity index (χ4v) is 3.47. The summed E-state index contributed by atoms with van der Waals surface area (Å²) in [5.41, 5.74) is -1.32. The zero-order valence-corrected chi connectivity index (χ0v) is 16.3. The number of halogens is 4. The van der Waals surface area contributed by atoms with Crippen molar-refractivity contribution in [3.8, 4) is 16.9 Å². The minimum absolute atomic E-state index is 0.177. The fourth-order valence-electron chi connectivity index (χ4n) is 2.69. The van der Waals surface area contributed by atoms with E-state index in [1.165, 1.54) is 17.5 Å². The first kappa shape index (κ1) is 18.3. The van der Waals surface area contributed by atoms with Crippen molar-refractivity contribution >= 4 is 28.8 Å². The summed E-state index contributed by atoms with van der Waals surface area (Å²) in [4.78, 5) is 28.7. The number of hydrogen-bond donors (Lipinski definition) is 2. The standard InChI is InChI=1S/C20H14F4N2O4S/c1-29-10-5-3-4-9(8-10)12-13(21)15(23)17(16(24)14(12)22)25-19(27)11-6-7-31-18(11)20(28)26-30-2/h3-8H,1-2H3,(H,25,27)(H,26,28)/i1D3. The molecule has 3 rings (SSSR count). The van der Waals surface area contributed by atoms with E-state index in [1.807, 2.05) is 5.48 Å². The smallest absolute Gasteiger partial charge is 0.285 e. The summed E-state index contributed by atoms with van der Waals surface area (Å²) in [5, 5.41) is 3.08. The van der Waals surface area contributed by atoms with E-state index in [0.29, 0.717) is 0 Å². The highest BCUT2D eigenvalue weighted by Crippen LogP contribution is 2.36. The average Bonchev–Trinajstić information content (AvgIpc) is 3.25. The summed E-state index contributed by atoms with van der Waals surface area (Å²) < 4.78 is 84.9. The molecule has 2 amide bonds. The third-order valence-electron chi connectivity index (χ3n) is 4.05. The minimum atomic E-state index is -2.87. The highest BCUT2D eigenvalue weighted by molar-refractivity contribution is 7.12. The number of hydroxylamine groups is 1. The molecule has 0 aliphatic heterocycles. The van der Waals surface area contributed by atoms with Gasteiger partial charge < -0.3 is 10.1 Å². The van der Waals surface area contributed by atoms with Crippen LogP contribution in [0.2, 0.25) is 0 Å². The molecule has 0 aliphatic rings. The van der Waals surface area contributed by atoms with Crippen LogP contribution in [0.25, 0.3) is 11.1 Å². The molecule has 0 atom stereocenters. The highest BCUT2D eigenvalue weighted by atomic mass is 32.1. The van der Waals surface area contributed by atoms with E-state index < -0.39 is 58.9 Å². The molecule has 0 saturated heterocycles. The van der Waals surface area contributed by atoms with E-state index in [2.05, 4.69) is 9.57 Å². The lowest BCUT2D eigenvalue weighted by Crippen LogP contribution is -2.24. The van der Waals surface area contributed by atoms with Gasteiger partial charge in [-0.25, -0.2) is 23.0 Å². The molecule has 3 aromatic rings. The van der Waals surface area contributed by atoms with Crippen LogP contribution in [-0.4, -0.2) is 26.0 Å². The zero-order valence-electron chi connectivity index (χ0n) is 18.5. The average molecular weight is 457 g/mol. The predicted octanol–water partition coefficient (Wildman–Crippen LogP) is 4.52. The largest absolute Gasteiger partial charge is 0.497 e. The van der Waals surface area contributed by atoms with Gasteiger partial charge in [-0.1, -0.05) is 12.1 Å². The van der Waals surface area contributed by atoms with Gasteiger partial charge in [0.2, 0.25) is 0 Å². The quantitative estimate of drug-likeness (QED) is 0.324. The van der Waals surface area contributed by atoms with Crippen LogP contribution < -0.4 is 15.5 Å². The lowest BCUT2D eigenvalue weighted by Gasteiger charge is -2.14. The molecular formula is C20H14F4N2O4S. The van der Waals surface area contributed by atoms with Crippen LogP contribution in [-0.2, 0) is 4.84 Å². The van der Waals surface area contributed by atoms with Crippen LogP contribution >= 0.6 is 11.3 Å². The third kappa shape index (κ3) is 4.23. The summed E-state index contributed by atoms with van der Waals surface area (Å²) >= 11 is 0.816. The lowest BCUT2D eigenvalue weighted by molar-refractivity contribution is 0.0540. The van der Waals surface area contributed by atoms with Crippen LogP contribution in [0.1, 0.15) is 24.1 Å². The van der Waals surface area contributed by atoms with Gasteiger partial charge in [-0.05, 0) is 29.1 Å². The van der Waals surface area contributed by atoms with Crippen LogP contribution in [0, 0.1) is 23.3 Å². The lowest BCUT2D eigenvalue weighted by atomic mass is 10.0. The number of hydrogen-bond acceptors (Lipinski definition) is 5. The second-order valence-electron chi connectivity index (χ2n) is 5.89. The molecule has 2 aromatic carbocycles. The van der Waals surface area contributed by atoms with E-state index >= 15 is 0 Å². The van der Waals surface area contributed by atoms with Gasteiger partial charge in [0.05, 0.1) is 29.4 Å². The summed E-state index contributed by atoms with van der Waals surface area (Å²) in [7, 11) is -1.73. The van der Waals surface area contributed by atoms with Crippen LogP contribution in [0.3, 0.4) is 0 Å². The Morgan fingerprint density at radius 1 is 1.03 bits per heavy atom. The molecule has 162 valence electrons. The number of carbonyl (C=O) groups excluding carboxylic acids is 2. The molecule has 0 saturated carbocycles. The number of benzene rings is 2. The normalized spacial score (nSPS) is 12.5. The Labute approximate surface area is 181 Å². The Morgan fingerprint density at radius 3 is 2.39 bits per heavy atom. The predicted molar refractivity (Wildman–Crippen MR) is 105 cm³/mol. The van der Waals surface area contributed by atoms with E-state index in [4.69, 9.17) is 4.11 Å². The van der Waals surface area contributed by atoms with E-state index in [9.17, 15) is 27.2 Å². The fraction of sp³-hybridized carbons (Fsp3) is 0.100. The zero-order chi connectivity index (χ0) is 25.2. The van der Waals surface area contributed by atoms with Crippen molar-refractivity contribution in [2.24, 2.45) is 0 Å². The maximum atomic E-state index is 14.8. The molecular weight excluding hydrogens is 440 g/mol. The molecule has 6 nitrogen and oxygen atoms in total. The van der Waals surface area contributed by atoms with Gasteiger partial charge in [-0.2, -0.15) is 0 Å². The summed E-state index contributed by atoms with van der Waals surface area (Å²) in [5.74, 6) is -9.87. The third-order valence-corrected chi connectivity index (χ3v) is 4.97. The maximum Gasteiger partial charge on any atom is 0.285 e. The second-order valence-corrected chi connectivity index (χ2v) is 6.80. The molecule has 0 spiro atoms. The number of ether oxygens (including phenoxy) is 1. The number of anilines is 1. The van der Waals surface area contributed by atoms with Gasteiger partial charge in [-0.3, -0.25) is 14.4 Å². The first-order chi connectivity index (χ1) is 15.9. The van der Waals surface area contributed by atoms with E-state index in [0.717, 1.165) is 36.6 Å². The Bertz CT molecular complexity index is 1240. The van der Waals surface area contributed by atoms with E-state index in [-0.39, 0.29) is 16.2 Å². The topological polar surface area (TPSA) is 76.7 Å². The minimum Gasteiger partial charge on any atom is -0.497 e. The van der Waals surface area contributed by atoms with Gasteiger partial charge in [0, 0.05) is 0 Å². The number of thiophene rings is 1. The molecule has 0 unspecified atom stereocenters. The van der Waals surface area contributed by atoms with E-state index in [1.54, 1.807) is 5.32 Å². The number of carbonyl (C=O) groups is 2. The monoisotopic (exact) mass is 457 g/mol. The number of rotatable bonds is 6. The van der Waals surface area contributed by atoms with Crippen molar-refractivity contribution in [1.29, 1.82) is 0 Å². The van der Waals surface area contributed by atoms with Crippen molar-refractivity contribution < 1.29 is 40.8 Å². The van der Waals surface area contributed by atoms with Crippen molar-refractivity contribution in [2.75, 3.05) is 19.5 Å². The summed E-state index contributed by atoms with van der Waals surface area (Å²) in [6.45, 7) is 0. The second kappa shape index (κ2) is 9.14. The maximum absolute atomic E-state index is 14.8.